The van der Waals surface area contributed by atoms with Gasteiger partial charge in [0.1, 0.15) is 0 Å². The van der Waals surface area contributed by atoms with Gasteiger partial charge in [-0.05, 0) is 38.9 Å². The fraction of sp³-hybridized carbons (Fsp3) is 0.818. The third kappa shape index (κ3) is 3.46. The van der Waals surface area contributed by atoms with Crippen molar-refractivity contribution >= 4 is 11.6 Å². The van der Waals surface area contributed by atoms with Gasteiger partial charge in [0.05, 0.1) is 5.69 Å². The van der Waals surface area contributed by atoms with Crippen molar-refractivity contribution in [1.82, 2.24) is 19.9 Å². The summed E-state index contributed by atoms with van der Waals surface area (Å²) in [6.07, 6.45) is 6.70. The zero-order valence-electron chi connectivity index (χ0n) is 9.61. The predicted octanol–water partition coefficient (Wildman–Crippen LogP) is 1.55. The number of aryl methyl sites for hydroxylation is 2. The Morgan fingerprint density at radius 3 is 2.81 bits per heavy atom. The van der Waals surface area contributed by atoms with E-state index < -0.39 is 0 Å². The quantitative estimate of drug-likeness (QED) is 0.710. The molecule has 2 rings (SSSR count). The van der Waals surface area contributed by atoms with Gasteiger partial charge in [0.25, 0.3) is 0 Å². The minimum Gasteiger partial charge on any atom is -0.303 e. The van der Waals surface area contributed by atoms with Crippen molar-refractivity contribution in [3.05, 3.63) is 11.9 Å². The molecule has 16 heavy (non-hydrogen) atoms. The molecule has 0 spiro atoms. The smallest absolute Gasteiger partial charge is 0.0839 e. The summed E-state index contributed by atoms with van der Waals surface area (Å²) in [5, 5.41) is 8.16. The first-order valence-electron chi connectivity index (χ1n) is 6.06. The maximum atomic E-state index is 5.65. The summed E-state index contributed by atoms with van der Waals surface area (Å²) in [5.74, 6) is 0.618. The van der Waals surface area contributed by atoms with Crippen molar-refractivity contribution in [3.63, 3.8) is 0 Å². The molecule has 0 N–H and O–H groups in total. The van der Waals surface area contributed by atoms with Crippen LogP contribution in [0.1, 0.15) is 25.0 Å². The fourth-order valence-electron chi connectivity index (χ4n) is 2.12. The molecule has 0 aliphatic carbocycles. The predicted molar refractivity (Wildman–Crippen MR) is 64.7 cm³/mol. The summed E-state index contributed by atoms with van der Waals surface area (Å²) >= 11 is 5.65. The summed E-state index contributed by atoms with van der Waals surface area (Å²) in [5.41, 5.74) is 0.996. The van der Waals surface area contributed by atoms with Crippen LogP contribution in [-0.2, 0) is 13.0 Å². The molecule has 0 atom stereocenters. The summed E-state index contributed by atoms with van der Waals surface area (Å²) < 4.78 is 1.93. The molecule has 1 aliphatic rings. The van der Waals surface area contributed by atoms with Crippen LogP contribution in [0.3, 0.4) is 0 Å². The zero-order chi connectivity index (χ0) is 11.2. The van der Waals surface area contributed by atoms with Crippen LogP contribution >= 0.6 is 11.6 Å². The first kappa shape index (κ1) is 11.9. The molecule has 1 fully saturated rings. The number of aromatic nitrogens is 3. The highest BCUT2D eigenvalue weighted by atomic mass is 35.5. The number of hydrogen-bond donors (Lipinski definition) is 0. The normalized spacial score (nSPS) is 17.1. The monoisotopic (exact) mass is 242 g/mol. The van der Waals surface area contributed by atoms with Gasteiger partial charge in [-0.25, -0.2) is 0 Å². The van der Waals surface area contributed by atoms with Gasteiger partial charge in [-0.3, -0.25) is 4.68 Å². The lowest BCUT2D eigenvalue weighted by atomic mass is 10.3. The van der Waals surface area contributed by atoms with Crippen LogP contribution in [-0.4, -0.2) is 45.4 Å². The van der Waals surface area contributed by atoms with E-state index in [4.69, 9.17) is 11.6 Å². The van der Waals surface area contributed by atoms with Gasteiger partial charge in [0.15, 0.2) is 0 Å². The first-order chi connectivity index (χ1) is 7.88. The molecule has 0 radical (unpaired) electrons. The lowest BCUT2D eigenvalue weighted by Gasteiger charge is -2.13. The van der Waals surface area contributed by atoms with E-state index >= 15 is 0 Å². The van der Waals surface area contributed by atoms with E-state index in [0.717, 1.165) is 25.1 Å². The van der Waals surface area contributed by atoms with Gasteiger partial charge in [-0.15, -0.1) is 16.7 Å². The van der Waals surface area contributed by atoms with E-state index in [0.29, 0.717) is 5.88 Å². The molecule has 0 amide bonds. The van der Waals surface area contributed by atoms with Gasteiger partial charge in [0, 0.05) is 25.0 Å². The third-order valence-electron chi connectivity index (χ3n) is 3.00. The van der Waals surface area contributed by atoms with Crippen LogP contribution in [0.5, 0.6) is 0 Å². The van der Waals surface area contributed by atoms with E-state index in [2.05, 4.69) is 15.2 Å². The summed E-state index contributed by atoms with van der Waals surface area (Å²) in [6.45, 7) is 4.69. The van der Waals surface area contributed by atoms with Crippen molar-refractivity contribution in [2.45, 2.75) is 32.2 Å². The van der Waals surface area contributed by atoms with Crippen molar-refractivity contribution in [1.29, 1.82) is 0 Å². The standard InChI is InChI=1S/C11H19ClN4/c12-5-4-11-10-16(14-13-11)9-3-8-15-6-1-2-7-15/h10H,1-9H2. The van der Waals surface area contributed by atoms with Crippen LogP contribution < -0.4 is 0 Å². The largest absolute Gasteiger partial charge is 0.303 e. The number of likely N-dealkylation sites (tertiary alicyclic amines) is 1. The van der Waals surface area contributed by atoms with Gasteiger partial charge in [-0.1, -0.05) is 5.21 Å². The Morgan fingerprint density at radius 2 is 2.06 bits per heavy atom. The fourth-order valence-corrected chi connectivity index (χ4v) is 2.32. The molecule has 1 aromatic heterocycles. The van der Waals surface area contributed by atoms with Gasteiger partial charge in [0.2, 0.25) is 0 Å². The third-order valence-corrected chi connectivity index (χ3v) is 3.19. The Kier molecular flexibility index (Phi) is 4.60. The van der Waals surface area contributed by atoms with Crippen LogP contribution in [0.25, 0.3) is 0 Å². The Balaban J connectivity index is 1.67. The number of halogens is 1. The molecule has 1 aliphatic heterocycles. The zero-order valence-corrected chi connectivity index (χ0v) is 10.4. The minimum atomic E-state index is 0.618. The Morgan fingerprint density at radius 1 is 1.25 bits per heavy atom. The average Bonchev–Trinajstić information content (AvgIpc) is 2.90. The number of alkyl halides is 1. The highest BCUT2D eigenvalue weighted by molar-refractivity contribution is 6.17. The molecule has 0 unspecified atom stereocenters. The maximum absolute atomic E-state index is 5.65. The van der Waals surface area contributed by atoms with E-state index in [1.165, 1.54) is 32.5 Å². The average molecular weight is 243 g/mol. The van der Waals surface area contributed by atoms with Crippen molar-refractivity contribution < 1.29 is 0 Å². The van der Waals surface area contributed by atoms with Crippen LogP contribution in [0.15, 0.2) is 6.20 Å². The van der Waals surface area contributed by atoms with Crippen molar-refractivity contribution in [2.75, 3.05) is 25.5 Å². The summed E-state index contributed by atoms with van der Waals surface area (Å²) in [6, 6.07) is 0. The van der Waals surface area contributed by atoms with Gasteiger partial charge < -0.3 is 4.90 Å². The molecular formula is C11H19ClN4. The first-order valence-corrected chi connectivity index (χ1v) is 6.59. The second-order valence-electron chi connectivity index (χ2n) is 4.31. The van der Waals surface area contributed by atoms with Crippen LogP contribution in [0, 0.1) is 0 Å². The molecule has 4 nitrogen and oxygen atoms in total. The number of hydrogen-bond acceptors (Lipinski definition) is 3. The van der Waals surface area contributed by atoms with E-state index in [9.17, 15) is 0 Å². The van der Waals surface area contributed by atoms with E-state index in [1.54, 1.807) is 0 Å². The molecule has 5 heteroatoms. The van der Waals surface area contributed by atoms with Crippen LogP contribution in [0.4, 0.5) is 0 Å². The van der Waals surface area contributed by atoms with Crippen LogP contribution in [0.2, 0.25) is 0 Å². The van der Waals surface area contributed by atoms with Gasteiger partial charge >= 0.3 is 0 Å². The van der Waals surface area contributed by atoms with Crippen molar-refractivity contribution in [3.8, 4) is 0 Å². The minimum absolute atomic E-state index is 0.618. The number of rotatable bonds is 6. The van der Waals surface area contributed by atoms with E-state index in [1.807, 2.05) is 10.9 Å². The summed E-state index contributed by atoms with van der Waals surface area (Å²) in [7, 11) is 0. The second kappa shape index (κ2) is 6.21. The number of nitrogens with zero attached hydrogens (tertiary/aromatic N) is 4. The molecular weight excluding hydrogens is 224 g/mol. The Labute approximate surface area is 102 Å². The lowest BCUT2D eigenvalue weighted by molar-refractivity contribution is 0.321. The molecule has 0 bridgehead atoms. The maximum Gasteiger partial charge on any atom is 0.0839 e. The molecule has 1 aromatic rings. The SMILES string of the molecule is ClCCc1cn(CCCN2CCCC2)nn1. The topological polar surface area (TPSA) is 34.0 Å². The molecule has 0 aromatic carbocycles. The van der Waals surface area contributed by atoms with E-state index in [-0.39, 0.29) is 0 Å². The summed E-state index contributed by atoms with van der Waals surface area (Å²) in [4.78, 5) is 2.52. The lowest BCUT2D eigenvalue weighted by Crippen LogP contribution is -2.21. The van der Waals surface area contributed by atoms with Crippen molar-refractivity contribution in [2.24, 2.45) is 0 Å². The Bertz CT molecular complexity index is 307. The molecule has 1 saturated heterocycles. The molecule has 90 valence electrons. The second-order valence-corrected chi connectivity index (χ2v) is 4.69. The Hall–Kier alpha value is -0.610. The highest BCUT2D eigenvalue weighted by Crippen LogP contribution is 2.07. The molecule has 0 saturated carbocycles. The highest BCUT2D eigenvalue weighted by Gasteiger charge is 2.10. The van der Waals surface area contributed by atoms with Gasteiger partial charge in [-0.2, -0.15) is 0 Å². The molecule has 2 heterocycles.